The number of alkyl halides is 6. The van der Waals surface area contributed by atoms with Crippen LogP contribution in [0.15, 0.2) is 41.8 Å². The van der Waals surface area contributed by atoms with Gasteiger partial charge in [0.15, 0.2) is 0 Å². The average molecular weight is 418 g/mol. The third kappa shape index (κ3) is 4.92. The maximum absolute atomic E-state index is 13.1. The van der Waals surface area contributed by atoms with Crippen molar-refractivity contribution >= 4 is 57.7 Å². The fourth-order valence-corrected chi connectivity index (χ4v) is 2.78. The molecule has 0 aliphatic heterocycles. The average Bonchev–Trinajstić information content (AvgIpc) is 2.99. The van der Waals surface area contributed by atoms with Crippen LogP contribution in [-0.2, 0) is 6.18 Å². The highest BCUT2D eigenvalue weighted by atomic mass is 35.6. The molecule has 0 radical (unpaired) electrons. The van der Waals surface area contributed by atoms with E-state index in [1.807, 2.05) is 0 Å². The van der Waals surface area contributed by atoms with Crippen LogP contribution in [-0.4, -0.2) is 15.9 Å². The number of halogens is 6. The van der Waals surface area contributed by atoms with Crippen molar-refractivity contribution in [1.29, 1.82) is 0 Å². The predicted molar refractivity (Wildman–Crippen MR) is 90.9 cm³/mol. The minimum Gasteiger partial charge on any atom is -0.361 e. The number of thiophene rings is 1. The van der Waals surface area contributed by atoms with Gasteiger partial charge in [0.25, 0.3) is 5.91 Å². The maximum atomic E-state index is 13.1. The van der Waals surface area contributed by atoms with E-state index >= 15 is 0 Å². The summed E-state index contributed by atoms with van der Waals surface area (Å²) in [6, 6.07) is 7.90. The third-order valence-electron chi connectivity index (χ3n) is 2.88. The number of rotatable bonds is 4. The van der Waals surface area contributed by atoms with E-state index in [4.69, 9.17) is 34.8 Å². The molecule has 0 saturated carbocycles. The Morgan fingerprint density at radius 2 is 1.75 bits per heavy atom. The van der Waals surface area contributed by atoms with Gasteiger partial charge in [-0.2, -0.15) is 13.2 Å². The summed E-state index contributed by atoms with van der Waals surface area (Å²) in [5.74, 6) is -0.571. The second-order valence-electron chi connectivity index (χ2n) is 4.61. The Hall–Kier alpha value is -1.15. The van der Waals surface area contributed by atoms with Gasteiger partial charge in [0.05, 0.1) is 10.4 Å². The van der Waals surface area contributed by atoms with E-state index in [9.17, 15) is 18.0 Å². The van der Waals surface area contributed by atoms with Gasteiger partial charge in [-0.05, 0) is 23.6 Å². The molecule has 0 bridgehead atoms. The molecule has 0 aliphatic rings. The topological polar surface area (TPSA) is 41.1 Å². The summed E-state index contributed by atoms with van der Waals surface area (Å²) in [5, 5.41) is 6.50. The zero-order valence-corrected chi connectivity index (χ0v) is 14.8. The molecule has 0 unspecified atom stereocenters. The lowest BCUT2D eigenvalue weighted by atomic mass is 10.1. The molecule has 1 amide bonds. The predicted octanol–water partition coefficient (Wildman–Crippen LogP) is 5.31. The number of nitrogens with one attached hydrogen (secondary N) is 2. The zero-order valence-electron chi connectivity index (χ0n) is 11.7. The molecule has 1 heterocycles. The van der Waals surface area contributed by atoms with Gasteiger partial charge >= 0.3 is 6.18 Å². The van der Waals surface area contributed by atoms with Crippen LogP contribution in [0.25, 0.3) is 0 Å². The smallest absolute Gasteiger partial charge is 0.361 e. The van der Waals surface area contributed by atoms with E-state index in [-0.39, 0.29) is 5.69 Å². The van der Waals surface area contributed by atoms with Gasteiger partial charge in [-0.15, -0.1) is 11.3 Å². The highest BCUT2D eigenvalue weighted by Gasteiger charge is 2.38. The lowest BCUT2D eigenvalue weighted by Crippen LogP contribution is -2.49. The maximum Gasteiger partial charge on any atom is 0.418 e. The van der Waals surface area contributed by atoms with E-state index in [0.29, 0.717) is 4.88 Å². The molecule has 2 rings (SSSR count). The number of anilines is 1. The summed E-state index contributed by atoms with van der Waals surface area (Å²) in [4.78, 5) is 12.4. The van der Waals surface area contributed by atoms with E-state index in [2.05, 4.69) is 10.6 Å². The van der Waals surface area contributed by atoms with Crippen molar-refractivity contribution in [3.8, 4) is 0 Å². The van der Waals surface area contributed by atoms with Gasteiger partial charge in [-0.1, -0.05) is 53.0 Å². The number of carbonyl (C=O) groups excluding carboxylic acids is 1. The van der Waals surface area contributed by atoms with Crippen LogP contribution in [0.1, 0.15) is 15.2 Å². The highest BCUT2D eigenvalue weighted by molar-refractivity contribution is 7.12. The first-order chi connectivity index (χ1) is 11.1. The first-order valence-electron chi connectivity index (χ1n) is 6.43. The lowest BCUT2D eigenvalue weighted by Gasteiger charge is -2.28. The third-order valence-corrected chi connectivity index (χ3v) is 4.40. The summed E-state index contributed by atoms with van der Waals surface area (Å²) < 4.78 is 37.1. The van der Waals surface area contributed by atoms with E-state index in [1.54, 1.807) is 17.5 Å². The van der Waals surface area contributed by atoms with Crippen molar-refractivity contribution in [1.82, 2.24) is 5.32 Å². The Morgan fingerprint density at radius 3 is 2.29 bits per heavy atom. The molecular formula is C14H10Cl3F3N2OS. The van der Waals surface area contributed by atoms with Gasteiger partial charge in [0.2, 0.25) is 3.79 Å². The molecule has 10 heteroatoms. The standard InChI is InChI=1S/C14H10Cl3F3N2OS/c15-13(16,17)12(22-11(23)10-6-3-7-24-10)21-9-5-2-1-4-8(9)14(18,19)20/h1-7,12,21H,(H,22,23)/t12-/m1/s1. The monoisotopic (exact) mass is 416 g/mol. The van der Waals surface area contributed by atoms with Crippen molar-refractivity contribution in [3.63, 3.8) is 0 Å². The molecule has 2 aromatic rings. The molecule has 2 N–H and O–H groups in total. The van der Waals surface area contributed by atoms with Crippen LogP contribution in [0.4, 0.5) is 18.9 Å². The number of hydrogen-bond acceptors (Lipinski definition) is 3. The van der Waals surface area contributed by atoms with Gasteiger partial charge < -0.3 is 10.6 Å². The summed E-state index contributed by atoms with van der Waals surface area (Å²) in [6.07, 6.45) is -5.97. The van der Waals surface area contributed by atoms with Gasteiger partial charge in [-0.3, -0.25) is 4.79 Å². The van der Waals surface area contributed by atoms with E-state index in [1.165, 1.54) is 18.2 Å². The molecule has 0 saturated heterocycles. The number of carbonyl (C=O) groups is 1. The second kappa shape index (κ2) is 7.39. The number of benzene rings is 1. The number of amides is 1. The molecule has 1 atom stereocenters. The van der Waals surface area contributed by atoms with Crippen molar-refractivity contribution in [2.24, 2.45) is 0 Å². The Bertz CT molecular complexity index is 702. The number of hydrogen-bond donors (Lipinski definition) is 2. The molecule has 1 aromatic heterocycles. The van der Waals surface area contributed by atoms with Gasteiger partial charge in [0.1, 0.15) is 6.17 Å². The molecule has 24 heavy (non-hydrogen) atoms. The molecule has 0 fully saturated rings. The fourth-order valence-electron chi connectivity index (χ4n) is 1.82. The Balaban J connectivity index is 2.27. The summed E-state index contributed by atoms with van der Waals surface area (Å²) >= 11 is 18.5. The van der Waals surface area contributed by atoms with Crippen LogP contribution in [0, 0.1) is 0 Å². The molecular weight excluding hydrogens is 408 g/mol. The first-order valence-corrected chi connectivity index (χ1v) is 8.44. The first kappa shape index (κ1) is 19.2. The fraction of sp³-hybridized carbons (Fsp3) is 0.214. The largest absolute Gasteiger partial charge is 0.418 e. The SMILES string of the molecule is O=C(N[C@@H](Nc1ccccc1C(F)(F)F)C(Cl)(Cl)Cl)c1cccs1. The quantitative estimate of drug-likeness (QED) is 0.523. The number of para-hydroxylation sites is 1. The van der Waals surface area contributed by atoms with Crippen molar-refractivity contribution in [2.75, 3.05) is 5.32 Å². The molecule has 1 aromatic carbocycles. The van der Waals surface area contributed by atoms with Crippen LogP contribution in [0.3, 0.4) is 0 Å². The van der Waals surface area contributed by atoms with Crippen LogP contribution in [0.2, 0.25) is 0 Å². The highest BCUT2D eigenvalue weighted by Crippen LogP contribution is 2.37. The van der Waals surface area contributed by atoms with Crippen LogP contribution in [0.5, 0.6) is 0 Å². The van der Waals surface area contributed by atoms with Crippen LogP contribution >= 0.6 is 46.1 Å². The molecule has 0 aliphatic carbocycles. The summed E-state index contributed by atoms with van der Waals surface area (Å²) in [5.41, 5.74) is -1.25. The normalized spacial score (nSPS) is 13.4. The van der Waals surface area contributed by atoms with Gasteiger partial charge in [0, 0.05) is 5.69 Å². The minimum absolute atomic E-state index is 0.312. The Labute approximate surface area is 154 Å². The molecule has 0 spiro atoms. The second-order valence-corrected chi connectivity index (χ2v) is 7.93. The zero-order chi connectivity index (χ0) is 18.0. The van der Waals surface area contributed by atoms with Gasteiger partial charge in [-0.25, -0.2) is 0 Å². The Kier molecular flexibility index (Phi) is 5.91. The Morgan fingerprint density at radius 1 is 1.08 bits per heavy atom. The van der Waals surface area contributed by atoms with E-state index < -0.39 is 27.6 Å². The van der Waals surface area contributed by atoms with Crippen molar-refractivity contribution in [2.45, 2.75) is 16.1 Å². The van der Waals surface area contributed by atoms with Crippen molar-refractivity contribution in [3.05, 3.63) is 52.2 Å². The van der Waals surface area contributed by atoms with Crippen molar-refractivity contribution < 1.29 is 18.0 Å². The summed E-state index contributed by atoms with van der Waals surface area (Å²) in [7, 11) is 0. The molecule has 130 valence electrons. The lowest BCUT2D eigenvalue weighted by molar-refractivity contribution is -0.137. The summed E-state index contributed by atoms with van der Waals surface area (Å²) in [6.45, 7) is 0. The molecule has 3 nitrogen and oxygen atoms in total. The minimum atomic E-state index is -4.60. The van der Waals surface area contributed by atoms with E-state index in [0.717, 1.165) is 17.4 Å². The van der Waals surface area contributed by atoms with Crippen LogP contribution < -0.4 is 10.6 Å².